The van der Waals surface area contributed by atoms with E-state index in [-0.39, 0.29) is 0 Å². The zero-order chi connectivity index (χ0) is 19.3. The molecule has 0 aromatic heterocycles. The van der Waals surface area contributed by atoms with Gasteiger partial charge in [-0.1, -0.05) is 66.1 Å². The summed E-state index contributed by atoms with van der Waals surface area (Å²) in [5.74, 6) is 1.05. The predicted octanol–water partition coefficient (Wildman–Crippen LogP) is 7.30. The van der Waals surface area contributed by atoms with Gasteiger partial charge in [-0.2, -0.15) is 0 Å². The zero-order valence-corrected chi connectivity index (χ0v) is 19.0. The highest BCUT2D eigenvalue weighted by Gasteiger charge is 2.16. The van der Waals surface area contributed by atoms with Crippen LogP contribution in [0.1, 0.15) is 77.2 Å². The lowest BCUT2D eigenvalue weighted by Crippen LogP contribution is -2.29. The third-order valence-electron chi connectivity index (χ3n) is 5.28. The summed E-state index contributed by atoms with van der Waals surface area (Å²) in [7, 11) is 0. The Morgan fingerprint density at radius 2 is 1.74 bits per heavy atom. The van der Waals surface area contributed by atoms with Crippen molar-refractivity contribution >= 4 is 21.6 Å². The monoisotopic (exact) mass is 435 g/mol. The number of hydrogen-bond donors (Lipinski definition) is 0. The van der Waals surface area contributed by atoms with Gasteiger partial charge in [0.05, 0.1) is 6.61 Å². The maximum Gasteiger partial charge on any atom is 0.119 e. The van der Waals surface area contributed by atoms with Gasteiger partial charge in [0.2, 0.25) is 0 Å². The molecule has 27 heavy (non-hydrogen) atoms. The lowest BCUT2D eigenvalue weighted by molar-refractivity contribution is 0.304. The highest BCUT2D eigenvalue weighted by atomic mass is 79.9. The van der Waals surface area contributed by atoms with Crippen LogP contribution in [-0.4, -0.2) is 25.0 Å². The van der Waals surface area contributed by atoms with Crippen LogP contribution in [0, 0.1) is 0 Å². The first kappa shape index (κ1) is 22.3. The van der Waals surface area contributed by atoms with Crippen LogP contribution in [0.2, 0.25) is 0 Å². The molecule has 1 aromatic carbocycles. The molecule has 0 fully saturated rings. The van der Waals surface area contributed by atoms with E-state index < -0.39 is 0 Å². The van der Waals surface area contributed by atoms with Gasteiger partial charge in [-0.3, -0.25) is 0 Å². The van der Waals surface area contributed by atoms with Crippen molar-refractivity contribution in [2.75, 3.05) is 29.9 Å². The van der Waals surface area contributed by atoms with Crippen molar-refractivity contribution in [2.24, 2.45) is 0 Å². The van der Waals surface area contributed by atoms with E-state index in [1.54, 1.807) is 0 Å². The van der Waals surface area contributed by atoms with Crippen LogP contribution < -0.4 is 9.64 Å². The molecule has 2 nitrogen and oxygen atoms in total. The molecule has 0 atom stereocenters. The van der Waals surface area contributed by atoms with Crippen molar-refractivity contribution in [3.05, 3.63) is 35.4 Å². The van der Waals surface area contributed by atoms with Crippen LogP contribution in [0.25, 0.3) is 0 Å². The summed E-state index contributed by atoms with van der Waals surface area (Å²) < 4.78 is 6.03. The number of halogens is 1. The number of unbranched alkanes of at least 4 members (excludes halogenated alkanes) is 7. The number of fused-ring (bicyclic) bond motifs is 1. The number of hydrogen-bond acceptors (Lipinski definition) is 2. The van der Waals surface area contributed by atoms with Crippen molar-refractivity contribution in [2.45, 2.75) is 78.1 Å². The van der Waals surface area contributed by atoms with Crippen molar-refractivity contribution in [1.82, 2.24) is 0 Å². The highest BCUT2D eigenvalue weighted by molar-refractivity contribution is 9.09. The summed E-state index contributed by atoms with van der Waals surface area (Å²) in [5.41, 5.74) is 4.23. The van der Waals surface area contributed by atoms with Gasteiger partial charge in [0.25, 0.3) is 0 Å². The second kappa shape index (κ2) is 13.3. The van der Waals surface area contributed by atoms with E-state index in [0.717, 1.165) is 30.8 Å². The summed E-state index contributed by atoms with van der Waals surface area (Å²) in [6, 6.07) is 6.69. The Labute approximate surface area is 175 Å². The Balaban J connectivity index is 1.66. The van der Waals surface area contributed by atoms with Crippen LogP contribution >= 0.6 is 15.9 Å². The lowest BCUT2D eigenvalue weighted by Gasteiger charge is -2.31. The Kier molecular flexibility index (Phi) is 11.0. The maximum absolute atomic E-state index is 6.03. The number of alkyl halides is 1. The number of anilines is 1. The fourth-order valence-corrected chi connectivity index (χ4v) is 4.07. The number of benzene rings is 1. The second-order valence-electron chi connectivity index (χ2n) is 7.99. The molecule has 0 bridgehead atoms. The van der Waals surface area contributed by atoms with Crippen molar-refractivity contribution in [3.8, 4) is 5.75 Å². The molecule has 1 aromatic rings. The molecule has 152 valence electrons. The molecule has 1 aliphatic rings. The average molecular weight is 436 g/mol. The van der Waals surface area contributed by atoms with Crippen LogP contribution in [0.3, 0.4) is 0 Å². The quantitative estimate of drug-likeness (QED) is 0.183. The Hall–Kier alpha value is -0.960. The summed E-state index contributed by atoms with van der Waals surface area (Å²) in [4.78, 5) is 2.49. The predicted molar refractivity (Wildman–Crippen MR) is 123 cm³/mol. The Bertz CT molecular complexity index is 565. The van der Waals surface area contributed by atoms with Gasteiger partial charge in [0.15, 0.2) is 0 Å². The molecule has 0 radical (unpaired) electrons. The topological polar surface area (TPSA) is 12.5 Å². The van der Waals surface area contributed by atoms with Gasteiger partial charge < -0.3 is 9.64 Å². The first-order chi connectivity index (χ1) is 13.2. The van der Waals surface area contributed by atoms with Gasteiger partial charge >= 0.3 is 0 Å². The molecule has 0 aliphatic carbocycles. The average Bonchev–Trinajstić information content (AvgIpc) is 2.67. The fourth-order valence-electron chi connectivity index (χ4n) is 3.67. The minimum atomic E-state index is 0.851. The number of ether oxygens (including phenoxy) is 1. The molecule has 0 spiro atoms. The Morgan fingerprint density at radius 3 is 2.44 bits per heavy atom. The largest absolute Gasteiger partial charge is 0.494 e. The van der Waals surface area contributed by atoms with Crippen LogP contribution in [0.4, 0.5) is 5.69 Å². The van der Waals surface area contributed by atoms with Crippen LogP contribution in [0.15, 0.2) is 29.8 Å². The standard InChI is InChI=1S/C24H38BrNO/c1-21(2)15-18-26-17-11-12-22-20-23(13-14-24(22)26)27-19-10-8-6-4-3-5-7-9-16-25/h13-15,20H,3-12,16-19H2,1-2H3. The normalized spacial score (nSPS) is 13.4. The molecular weight excluding hydrogens is 398 g/mol. The van der Waals surface area contributed by atoms with Gasteiger partial charge in [0.1, 0.15) is 5.75 Å². The number of rotatable bonds is 13. The van der Waals surface area contributed by atoms with E-state index in [1.165, 1.54) is 81.0 Å². The summed E-state index contributed by atoms with van der Waals surface area (Å²) in [6.07, 6.45) is 15.4. The van der Waals surface area contributed by atoms with Gasteiger partial charge in [0, 0.05) is 24.1 Å². The van der Waals surface area contributed by atoms with Gasteiger partial charge in [-0.05, 0) is 63.3 Å². The molecule has 3 heteroatoms. The summed E-state index contributed by atoms with van der Waals surface area (Å²) >= 11 is 3.50. The molecular formula is C24H38BrNO. The van der Waals surface area contributed by atoms with Gasteiger partial charge in [-0.25, -0.2) is 0 Å². The third-order valence-corrected chi connectivity index (χ3v) is 5.84. The molecule has 0 saturated heterocycles. The fraction of sp³-hybridized carbons (Fsp3) is 0.667. The Morgan fingerprint density at radius 1 is 1.04 bits per heavy atom. The van der Waals surface area contributed by atoms with Crippen molar-refractivity contribution in [3.63, 3.8) is 0 Å². The zero-order valence-electron chi connectivity index (χ0n) is 17.4. The van der Waals surface area contributed by atoms with Crippen molar-refractivity contribution in [1.29, 1.82) is 0 Å². The van der Waals surface area contributed by atoms with E-state index in [9.17, 15) is 0 Å². The summed E-state index contributed by atoms with van der Waals surface area (Å²) in [5, 5.41) is 1.15. The molecule has 0 N–H and O–H groups in total. The summed E-state index contributed by atoms with van der Waals surface area (Å²) in [6.45, 7) is 7.38. The smallest absolute Gasteiger partial charge is 0.119 e. The van der Waals surface area contributed by atoms with E-state index in [1.807, 2.05) is 0 Å². The molecule has 0 amide bonds. The van der Waals surface area contributed by atoms with E-state index >= 15 is 0 Å². The number of nitrogens with zero attached hydrogens (tertiary/aromatic N) is 1. The third kappa shape index (κ3) is 8.72. The number of allylic oxidation sites excluding steroid dienone is 1. The van der Waals surface area contributed by atoms with Gasteiger partial charge in [-0.15, -0.1) is 0 Å². The van der Waals surface area contributed by atoms with E-state index in [2.05, 4.69) is 59.0 Å². The van der Waals surface area contributed by atoms with Crippen LogP contribution in [-0.2, 0) is 6.42 Å². The molecule has 2 rings (SSSR count). The molecule has 0 unspecified atom stereocenters. The lowest BCUT2D eigenvalue weighted by atomic mass is 10.0. The molecule has 1 heterocycles. The minimum absolute atomic E-state index is 0.851. The second-order valence-corrected chi connectivity index (χ2v) is 8.78. The highest BCUT2D eigenvalue weighted by Crippen LogP contribution is 2.30. The van der Waals surface area contributed by atoms with E-state index in [0.29, 0.717) is 0 Å². The SMILES string of the molecule is CC(C)=CCN1CCCc2cc(OCCCCCCCCCCBr)ccc21. The molecule has 1 aliphatic heterocycles. The molecule has 0 saturated carbocycles. The van der Waals surface area contributed by atoms with E-state index in [4.69, 9.17) is 4.74 Å². The maximum atomic E-state index is 6.03. The first-order valence-corrected chi connectivity index (χ1v) is 12.0. The number of aryl methyl sites for hydroxylation is 1. The minimum Gasteiger partial charge on any atom is -0.494 e. The van der Waals surface area contributed by atoms with Crippen LogP contribution in [0.5, 0.6) is 5.75 Å². The first-order valence-electron chi connectivity index (χ1n) is 10.9. The van der Waals surface area contributed by atoms with Crippen molar-refractivity contribution < 1.29 is 4.74 Å².